The minimum atomic E-state index is -0.757. The van der Waals surface area contributed by atoms with E-state index in [-0.39, 0.29) is 5.91 Å². The summed E-state index contributed by atoms with van der Waals surface area (Å²) in [5, 5.41) is 2.68. The molecule has 6 heteroatoms. The van der Waals surface area contributed by atoms with Gasteiger partial charge in [-0.2, -0.15) is 0 Å². The summed E-state index contributed by atoms with van der Waals surface area (Å²) in [6.45, 7) is 0. The Morgan fingerprint density at radius 1 is 1.32 bits per heavy atom. The molecule has 0 unspecified atom stereocenters. The van der Waals surface area contributed by atoms with Crippen LogP contribution in [0.15, 0.2) is 53.3 Å². The summed E-state index contributed by atoms with van der Waals surface area (Å²) < 4.78 is 5.68. The summed E-state index contributed by atoms with van der Waals surface area (Å²) >= 11 is 3.38. The molecule has 0 aliphatic heterocycles. The first-order valence-electron chi connectivity index (χ1n) is 6.63. The zero-order valence-corrected chi connectivity index (χ0v) is 13.5. The van der Waals surface area contributed by atoms with Gasteiger partial charge in [0.1, 0.15) is 6.04 Å². The van der Waals surface area contributed by atoms with Crippen LogP contribution in [0, 0.1) is 0 Å². The number of nitrogens with zero attached hydrogens (tertiary/aromatic N) is 1. The van der Waals surface area contributed by atoms with Gasteiger partial charge in [0.05, 0.1) is 12.7 Å². The van der Waals surface area contributed by atoms with Gasteiger partial charge in [0, 0.05) is 23.3 Å². The Morgan fingerprint density at radius 2 is 2.14 bits per heavy atom. The maximum Gasteiger partial charge on any atom is 0.328 e. The van der Waals surface area contributed by atoms with Crippen LogP contribution in [0.1, 0.15) is 15.9 Å². The van der Waals surface area contributed by atoms with E-state index in [1.165, 1.54) is 13.3 Å². The molecule has 0 radical (unpaired) electrons. The predicted octanol–water partition coefficient (Wildman–Crippen LogP) is 2.36. The number of methoxy groups -OCH3 is 1. The maximum atomic E-state index is 12.2. The molecule has 1 aromatic carbocycles. The number of rotatable bonds is 5. The third-order valence-corrected chi connectivity index (χ3v) is 3.54. The molecule has 0 fully saturated rings. The number of nitrogens with one attached hydrogen (secondary N) is 1. The molecule has 0 saturated carbocycles. The molecule has 1 heterocycles. The van der Waals surface area contributed by atoms with Crippen LogP contribution in [0.25, 0.3) is 0 Å². The number of halogens is 1. The number of benzene rings is 1. The number of carbonyl (C=O) groups excluding carboxylic acids is 2. The van der Waals surface area contributed by atoms with Crippen molar-refractivity contribution < 1.29 is 14.3 Å². The van der Waals surface area contributed by atoms with Crippen LogP contribution in [-0.4, -0.2) is 30.0 Å². The summed E-state index contributed by atoms with van der Waals surface area (Å²) in [7, 11) is 1.30. The van der Waals surface area contributed by atoms with Crippen molar-refractivity contribution in [3.05, 3.63) is 64.4 Å². The van der Waals surface area contributed by atoms with Gasteiger partial charge in [-0.3, -0.25) is 9.78 Å². The first kappa shape index (κ1) is 16.2. The fourth-order valence-corrected chi connectivity index (χ4v) is 2.42. The van der Waals surface area contributed by atoms with Crippen molar-refractivity contribution in [2.24, 2.45) is 0 Å². The fraction of sp³-hybridized carbons (Fsp3) is 0.188. The Kier molecular flexibility index (Phi) is 5.66. The number of aromatic nitrogens is 1. The molecular weight excluding hydrogens is 348 g/mol. The molecular formula is C16H15BrN2O3. The van der Waals surface area contributed by atoms with Crippen molar-refractivity contribution in [3.63, 3.8) is 0 Å². The molecule has 1 amide bonds. The van der Waals surface area contributed by atoms with Crippen molar-refractivity contribution in [2.75, 3.05) is 7.11 Å². The van der Waals surface area contributed by atoms with Gasteiger partial charge < -0.3 is 10.1 Å². The minimum Gasteiger partial charge on any atom is -0.467 e. The highest BCUT2D eigenvalue weighted by atomic mass is 79.9. The zero-order valence-electron chi connectivity index (χ0n) is 12.0. The molecule has 1 aromatic heterocycles. The number of pyridine rings is 1. The number of carbonyl (C=O) groups is 2. The van der Waals surface area contributed by atoms with Crippen molar-refractivity contribution in [1.29, 1.82) is 0 Å². The predicted molar refractivity (Wildman–Crippen MR) is 85.4 cm³/mol. The molecule has 0 bridgehead atoms. The van der Waals surface area contributed by atoms with Crippen LogP contribution < -0.4 is 5.32 Å². The molecule has 1 atom stereocenters. The second-order valence-corrected chi connectivity index (χ2v) is 5.54. The topological polar surface area (TPSA) is 68.3 Å². The van der Waals surface area contributed by atoms with Crippen LogP contribution in [0.5, 0.6) is 0 Å². The molecule has 5 nitrogen and oxygen atoms in total. The van der Waals surface area contributed by atoms with Crippen LogP contribution in [0.4, 0.5) is 0 Å². The SMILES string of the molecule is COC(=O)[C@H](Cc1cccc(Br)c1)NC(=O)c1cccnc1. The highest BCUT2D eigenvalue weighted by molar-refractivity contribution is 9.10. The standard InChI is InChI=1S/C16H15BrN2O3/c1-22-16(21)14(9-11-4-2-6-13(17)8-11)19-15(20)12-5-3-7-18-10-12/h2-8,10,14H,9H2,1H3,(H,19,20)/t14-/m0/s1. The molecule has 22 heavy (non-hydrogen) atoms. The van der Waals surface area contributed by atoms with Gasteiger partial charge in [-0.15, -0.1) is 0 Å². The number of amides is 1. The molecule has 0 saturated heterocycles. The molecule has 2 aromatic rings. The molecule has 2 rings (SSSR count). The maximum absolute atomic E-state index is 12.2. The normalized spacial score (nSPS) is 11.5. The quantitative estimate of drug-likeness (QED) is 0.829. The first-order valence-corrected chi connectivity index (χ1v) is 7.42. The van der Waals surface area contributed by atoms with Crippen LogP contribution in [0.3, 0.4) is 0 Å². The van der Waals surface area contributed by atoms with Gasteiger partial charge in [0.25, 0.3) is 5.91 Å². The summed E-state index contributed by atoms with van der Waals surface area (Å²) in [6.07, 6.45) is 3.37. The van der Waals surface area contributed by atoms with E-state index in [1.807, 2.05) is 24.3 Å². The van der Waals surface area contributed by atoms with E-state index in [2.05, 4.69) is 26.2 Å². The van der Waals surface area contributed by atoms with Gasteiger partial charge >= 0.3 is 5.97 Å². The Balaban J connectivity index is 2.13. The Morgan fingerprint density at radius 3 is 2.77 bits per heavy atom. The van der Waals surface area contributed by atoms with Crippen molar-refractivity contribution in [1.82, 2.24) is 10.3 Å². The van der Waals surface area contributed by atoms with E-state index in [0.29, 0.717) is 12.0 Å². The largest absolute Gasteiger partial charge is 0.467 e. The summed E-state index contributed by atoms with van der Waals surface area (Å²) in [5.41, 5.74) is 1.31. The van der Waals surface area contributed by atoms with Crippen LogP contribution in [-0.2, 0) is 16.0 Å². The first-order chi connectivity index (χ1) is 10.6. The Labute approximate surface area is 136 Å². The number of esters is 1. The van der Waals surface area contributed by atoms with E-state index < -0.39 is 12.0 Å². The second-order valence-electron chi connectivity index (χ2n) is 4.62. The lowest BCUT2D eigenvalue weighted by atomic mass is 10.1. The molecule has 114 valence electrons. The molecule has 1 N–H and O–H groups in total. The molecule has 0 spiro atoms. The van der Waals surface area contributed by atoms with Gasteiger partial charge in [0.15, 0.2) is 0 Å². The van der Waals surface area contributed by atoms with Crippen molar-refractivity contribution >= 4 is 27.8 Å². The minimum absolute atomic E-state index is 0.345. The zero-order chi connectivity index (χ0) is 15.9. The van der Waals surface area contributed by atoms with Gasteiger partial charge in [-0.1, -0.05) is 28.1 Å². The highest BCUT2D eigenvalue weighted by Gasteiger charge is 2.22. The lowest BCUT2D eigenvalue weighted by Gasteiger charge is -2.16. The third kappa shape index (κ3) is 4.39. The van der Waals surface area contributed by atoms with E-state index in [0.717, 1.165) is 10.0 Å². The number of hydrogen-bond donors (Lipinski definition) is 1. The molecule has 0 aliphatic carbocycles. The summed E-state index contributed by atoms with van der Waals surface area (Å²) in [5.74, 6) is -0.851. The van der Waals surface area contributed by atoms with E-state index in [4.69, 9.17) is 4.74 Å². The van der Waals surface area contributed by atoms with Gasteiger partial charge in [0.2, 0.25) is 0 Å². The lowest BCUT2D eigenvalue weighted by molar-refractivity contribution is -0.142. The average molecular weight is 363 g/mol. The summed E-state index contributed by atoms with van der Waals surface area (Å²) in [4.78, 5) is 28.0. The van der Waals surface area contributed by atoms with Gasteiger partial charge in [-0.05, 0) is 29.8 Å². The Hall–Kier alpha value is -2.21. The smallest absolute Gasteiger partial charge is 0.328 e. The van der Waals surface area contributed by atoms with Crippen LogP contribution in [0.2, 0.25) is 0 Å². The van der Waals surface area contributed by atoms with E-state index in [1.54, 1.807) is 18.3 Å². The lowest BCUT2D eigenvalue weighted by Crippen LogP contribution is -2.43. The van der Waals surface area contributed by atoms with E-state index in [9.17, 15) is 9.59 Å². The number of ether oxygens (including phenoxy) is 1. The van der Waals surface area contributed by atoms with Gasteiger partial charge in [-0.25, -0.2) is 4.79 Å². The number of hydrogen-bond acceptors (Lipinski definition) is 4. The summed E-state index contributed by atoms with van der Waals surface area (Å²) in [6, 6.07) is 10.1. The highest BCUT2D eigenvalue weighted by Crippen LogP contribution is 2.14. The van der Waals surface area contributed by atoms with E-state index >= 15 is 0 Å². The third-order valence-electron chi connectivity index (χ3n) is 3.04. The monoisotopic (exact) mass is 362 g/mol. The second kappa shape index (κ2) is 7.70. The van der Waals surface area contributed by atoms with Crippen molar-refractivity contribution in [3.8, 4) is 0 Å². The van der Waals surface area contributed by atoms with Crippen molar-refractivity contribution in [2.45, 2.75) is 12.5 Å². The fourth-order valence-electron chi connectivity index (χ4n) is 1.97. The average Bonchev–Trinajstić information content (AvgIpc) is 2.54. The van der Waals surface area contributed by atoms with Crippen LogP contribution >= 0.6 is 15.9 Å². The molecule has 0 aliphatic rings. The Bertz CT molecular complexity index is 661.